The zero-order valence-corrected chi connectivity index (χ0v) is 8.79. The minimum Gasteiger partial charge on any atom is -0.373 e. The van der Waals surface area contributed by atoms with Crippen LogP contribution in [0, 0.1) is 0 Å². The van der Waals surface area contributed by atoms with Gasteiger partial charge < -0.3 is 16.0 Å². The third-order valence-electron chi connectivity index (χ3n) is 1.91. The van der Waals surface area contributed by atoms with Crippen molar-refractivity contribution >= 4 is 23.6 Å². The molecule has 0 saturated heterocycles. The minimum atomic E-state index is -0.272. The second-order valence-electron chi connectivity index (χ2n) is 2.78. The normalized spacial score (nSPS) is 9.20. The molecule has 5 nitrogen and oxygen atoms in total. The van der Waals surface area contributed by atoms with Gasteiger partial charge in [0.2, 0.25) is 0 Å². The molecule has 0 bridgehead atoms. The molecule has 0 aliphatic carbocycles. The summed E-state index contributed by atoms with van der Waals surface area (Å²) in [6, 6.07) is 1.44. The van der Waals surface area contributed by atoms with Crippen LogP contribution in [0.2, 0.25) is 0 Å². The molecule has 2 amide bonds. The molecule has 0 radical (unpaired) electrons. The number of carbonyl (C=O) groups excluding carboxylic acids is 1. The number of hydrogen-bond acceptors (Lipinski definition) is 3. The van der Waals surface area contributed by atoms with Gasteiger partial charge in [0.25, 0.3) is 0 Å². The summed E-state index contributed by atoms with van der Waals surface area (Å²) in [6.45, 7) is 3.68. The molecule has 0 atom stereocenters. The van der Waals surface area contributed by atoms with Gasteiger partial charge in [0, 0.05) is 25.9 Å². The smallest absolute Gasteiger partial charge is 0.318 e. The van der Waals surface area contributed by atoms with E-state index < -0.39 is 0 Å². The number of urea groups is 1. The standard InChI is InChI=1S/C10H14N4O/c1-4-7-8(14-10(15)12-3)5-6-13-9(7)11-2/h4-6H,1H2,2-3H3,(H3,11,12,13,14,15). The van der Waals surface area contributed by atoms with Crippen LogP contribution in [0.4, 0.5) is 16.3 Å². The average Bonchev–Trinajstić information content (AvgIpc) is 2.28. The quantitative estimate of drug-likeness (QED) is 0.702. The largest absolute Gasteiger partial charge is 0.373 e. The number of pyridine rings is 1. The van der Waals surface area contributed by atoms with Crippen molar-refractivity contribution in [3.8, 4) is 0 Å². The molecule has 0 spiro atoms. The minimum absolute atomic E-state index is 0.272. The first kappa shape index (κ1) is 11.0. The highest BCUT2D eigenvalue weighted by Gasteiger charge is 2.07. The van der Waals surface area contributed by atoms with Crippen LogP contribution in [-0.4, -0.2) is 25.1 Å². The molecular weight excluding hydrogens is 192 g/mol. The molecule has 5 heteroatoms. The first-order chi connectivity index (χ1) is 7.22. The number of anilines is 2. The van der Waals surface area contributed by atoms with Gasteiger partial charge in [-0.3, -0.25) is 0 Å². The number of carbonyl (C=O) groups is 1. The van der Waals surface area contributed by atoms with Gasteiger partial charge in [0.1, 0.15) is 5.82 Å². The maximum Gasteiger partial charge on any atom is 0.318 e. The molecule has 0 saturated carbocycles. The molecule has 1 aromatic rings. The summed E-state index contributed by atoms with van der Waals surface area (Å²) in [6.07, 6.45) is 3.26. The lowest BCUT2D eigenvalue weighted by molar-refractivity contribution is 0.254. The van der Waals surface area contributed by atoms with Gasteiger partial charge in [-0.1, -0.05) is 12.7 Å². The molecule has 0 fully saturated rings. The molecule has 1 aromatic heterocycles. The van der Waals surface area contributed by atoms with Crippen molar-refractivity contribution in [3.05, 3.63) is 24.4 Å². The Hall–Kier alpha value is -2.04. The predicted octanol–water partition coefficient (Wildman–Crippen LogP) is 1.52. The third kappa shape index (κ3) is 2.46. The summed E-state index contributed by atoms with van der Waals surface area (Å²) >= 11 is 0. The fourth-order valence-corrected chi connectivity index (χ4v) is 1.17. The molecule has 0 unspecified atom stereocenters. The van der Waals surface area contributed by atoms with Crippen LogP contribution in [0.15, 0.2) is 18.8 Å². The highest BCUT2D eigenvalue weighted by Crippen LogP contribution is 2.22. The van der Waals surface area contributed by atoms with Crippen LogP contribution in [-0.2, 0) is 0 Å². The number of hydrogen-bond donors (Lipinski definition) is 3. The Morgan fingerprint density at radius 1 is 1.53 bits per heavy atom. The summed E-state index contributed by atoms with van der Waals surface area (Å²) in [5.41, 5.74) is 1.44. The van der Waals surface area contributed by atoms with E-state index in [0.29, 0.717) is 11.5 Å². The molecule has 80 valence electrons. The number of rotatable bonds is 3. The first-order valence-corrected chi connectivity index (χ1v) is 4.50. The van der Waals surface area contributed by atoms with Crippen molar-refractivity contribution in [2.24, 2.45) is 0 Å². The predicted molar refractivity (Wildman–Crippen MR) is 62.0 cm³/mol. The van der Waals surface area contributed by atoms with Gasteiger partial charge >= 0.3 is 6.03 Å². The Balaban J connectivity index is 3.06. The van der Waals surface area contributed by atoms with Gasteiger partial charge in [-0.05, 0) is 6.07 Å². The van der Waals surface area contributed by atoms with Crippen molar-refractivity contribution in [2.75, 3.05) is 24.7 Å². The SMILES string of the molecule is C=Cc1c(NC(=O)NC)ccnc1NC. The van der Waals surface area contributed by atoms with E-state index in [0.717, 1.165) is 5.56 Å². The molecular formula is C10H14N4O. The molecule has 1 heterocycles. The lowest BCUT2D eigenvalue weighted by Crippen LogP contribution is -2.25. The molecule has 0 aliphatic heterocycles. The molecule has 1 rings (SSSR count). The second kappa shape index (κ2) is 4.99. The Bertz CT molecular complexity index is 376. The van der Waals surface area contributed by atoms with E-state index in [9.17, 15) is 4.79 Å². The lowest BCUT2D eigenvalue weighted by Gasteiger charge is -2.10. The topological polar surface area (TPSA) is 66.0 Å². The maximum absolute atomic E-state index is 11.2. The number of nitrogens with zero attached hydrogens (tertiary/aromatic N) is 1. The number of nitrogens with one attached hydrogen (secondary N) is 3. The summed E-state index contributed by atoms with van der Waals surface area (Å²) in [5.74, 6) is 0.680. The Morgan fingerprint density at radius 3 is 2.80 bits per heavy atom. The first-order valence-electron chi connectivity index (χ1n) is 4.50. The molecule has 15 heavy (non-hydrogen) atoms. The Kier molecular flexibility index (Phi) is 3.68. The van der Waals surface area contributed by atoms with Gasteiger partial charge in [0.15, 0.2) is 0 Å². The van der Waals surface area contributed by atoms with Crippen molar-refractivity contribution in [1.82, 2.24) is 10.3 Å². The van der Waals surface area contributed by atoms with E-state index in [4.69, 9.17) is 0 Å². The van der Waals surface area contributed by atoms with Crippen LogP contribution < -0.4 is 16.0 Å². The fraction of sp³-hybridized carbons (Fsp3) is 0.200. The van der Waals surface area contributed by atoms with E-state index in [1.807, 2.05) is 0 Å². The maximum atomic E-state index is 11.2. The monoisotopic (exact) mass is 206 g/mol. The van der Waals surface area contributed by atoms with E-state index in [1.165, 1.54) is 0 Å². The van der Waals surface area contributed by atoms with E-state index in [2.05, 4.69) is 27.5 Å². The lowest BCUT2D eigenvalue weighted by atomic mass is 10.2. The van der Waals surface area contributed by atoms with Crippen molar-refractivity contribution < 1.29 is 4.79 Å². The van der Waals surface area contributed by atoms with Crippen LogP contribution in [0.1, 0.15) is 5.56 Å². The Labute approximate surface area is 88.6 Å². The van der Waals surface area contributed by atoms with Gasteiger partial charge in [-0.15, -0.1) is 0 Å². The summed E-state index contributed by atoms with van der Waals surface area (Å²) < 4.78 is 0. The van der Waals surface area contributed by atoms with Crippen LogP contribution in [0.25, 0.3) is 6.08 Å². The van der Waals surface area contributed by atoms with E-state index >= 15 is 0 Å². The van der Waals surface area contributed by atoms with Gasteiger partial charge in [0.05, 0.1) is 5.69 Å². The zero-order chi connectivity index (χ0) is 11.3. The highest BCUT2D eigenvalue weighted by molar-refractivity contribution is 5.92. The van der Waals surface area contributed by atoms with Crippen molar-refractivity contribution in [3.63, 3.8) is 0 Å². The van der Waals surface area contributed by atoms with Crippen LogP contribution in [0.3, 0.4) is 0 Å². The average molecular weight is 206 g/mol. The molecule has 3 N–H and O–H groups in total. The third-order valence-corrected chi connectivity index (χ3v) is 1.91. The summed E-state index contributed by atoms with van der Waals surface area (Å²) in [4.78, 5) is 15.3. The Morgan fingerprint density at radius 2 is 2.27 bits per heavy atom. The fourth-order valence-electron chi connectivity index (χ4n) is 1.17. The highest BCUT2D eigenvalue weighted by atomic mass is 16.2. The van der Waals surface area contributed by atoms with Crippen molar-refractivity contribution in [1.29, 1.82) is 0 Å². The van der Waals surface area contributed by atoms with E-state index in [-0.39, 0.29) is 6.03 Å². The van der Waals surface area contributed by atoms with Crippen LogP contribution >= 0.6 is 0 Å². The zero-order valence-electron chi connectivity index (χ0n) is 8.79. The van der Waals surface area contributed by atoms with Crippen LogP contribution in [0.5, 0.6) is 0 Å². The van der Waals surface area contributed by atoms with Gasteiger partial charge in [-0.25, -0.2) is 9.78 Å². The molecule has 0 aliphatic rings. The van der Waals surface area contributed by atoms with Gasteiger partial charge in [-0.2, -0.15) is 0 Å². The molecule has 0 aromatic carbocycles. The number of aromatic nitrogens is 1. The number of amides is 2. The summed E-state index contributed by atoms with van der Waals surface area (Å²) in [5, 5.41) is 8.09. The summed E-state index contributed by atoms with van der Waals surface area (Å²) in [7, 11) is 3.32. The second-order valence-corrected chi connectivity index (χ2v) is 2.78. The van der Waals surface area contributed by atoms with E-state index in [1.54, 1.807) is 32.4 Å². The van der Waals surface area contributed by atoms with Crippen molar-refractivity contribution in [2.45, 2.75) is 0 Å².